The van der Waals surface area contributed by atoms with Gasteiger partial charge in [0.25, 0.3) is 11.8 Å². The minimum atomic E-state index is -0.849. The molecule has 0 saturated carbocycles. The molecule has 40 heavy (non-hydrogen) atoms. The number of hydrogen-bond donors (Lipinski definition) is 1. The number of ether oxygens (including phenoxy) is 2. The van der Waals surface area contributed by atoms with E-state index in [1.807, 2.05) is 44.2 Å². The van der Waals surface area contributed by atoms with Gasteiger partial charge in [0.2, 0.25) is 0 Å². The van der Waals surface area contributed by atoms with E-state index in [-0.39, 0.29) is 11.3 Å². The highest BCUT2D eigenvalue weighted by atomic mass is 79.9. The number of halogens is 2. The molecule has 0 atom stereocenters. The van der Waals surface area contributed by atoms with Crippen LogP contribution in [0.2, 0.25) is 5.02 Å². The average Bonchev–Trinajstić information content (AvgIpc) is 2.93. The van der Waals surface area contributed by atoms with Crippen LogP contribution >= 0.6 is 27.5 Å². The lowest BCUT2D eigenvalue weighted by Gasteiger charge is -2.26. The number of benzene rings is 4. The second-order valence-electron chi connectivity index (χ2n) is 9.11. The minimum absolute atomic E-state index is 0.218. The van der Waals surface area contributed by atoms with Crippen molar-refractivity contribution in [2.45, 2.75) is 20.5 Å². The van der Waals surface area contributed by atoms with Gasteiger partial charge in [0.15, 0.2) is 11.5 Å². The van der Waals surface area contributed by atoms with E-state index >= 15 is 0 Å². The predicted octanol–water partition coefficient (Wildman–Crippen LogP) is 7.21. The fourth-order valence-electron chi connectivity index (χ4n) is 4.30. The topological polar surface area (TPSA) is 84.9 Å². The Bertz CT molecular complexity index is 1700. The number of nitrogens with one attached hydrogen (secondary N) is 1. The number of barbiturate groups is 1. The number of rotatable bonds is 7. The van der Waals surface area contributed by atoms with Gasteiger partial charge in [-0.25, -0.2) is 9.69 Å². The maximum atomic E-state index is 13.4. The number of hydrogen-bond acceptors (Lipinski definition) is 5. The van der Waals surface area contributed by atoms with E-state index in [1.165, 1.54) is 12.1 Å². The molecule has 7 nitrogen and oxygen atoms in total. The van der Waals surface area contributed by atoms with Crippen molar-refractivity contribution in [2.75, 3.05) is 11.5 Å². The molecule has 0 aromatic heterocycles. The molecular formula is C31H24BrClN2O5. The van der Waals surface area contributed by atoms with Gasteiger partial charge in [0.1, 0.15) is 12.2 Å². The van der Waals surface area contributed by atoms with E-state index in [1.54, 1.807) is 24.3 Å². The number of amides is 4. The number of nitrogens with zero attached hydrogens (tertiary/aromatic N) is 1. The quantitative estimate of drug-likeness (QED) is 0.175. The van der Waals surface area contributed by atoms with Crippen molar-refractivity contribution in [1.82, 2.24) is 5.32 Å². The smallest absolute Gasteiger partial charge is 0.335 e. The van der Waals surface area contributed by atoms with Crippen LogP contribution in [0.15, 0.2) is 82.8 Å². The lowest BCUT2D eigenvalue weighted by atomic mass is 10.1. The molecule has 5 rings (SSSR count). The van der Waals surface area contributed by atoms with E-state index in [0.717, 1.165) is 26.8 Å². The number of fused-ring (bicyclic) bond motifs is 1. The molecule has 0 radical (unpaired) electrons. The third-order valence-electron chi connectivity index (χ3n) is 6.39. The molecule has 4 aromatic carbocycles. The van der Waals surface area contributed by atoms with Crippen molar-refractivity contribution < 1.29 is 23.9 Å². The van der Waals surface area contributed by atoms with Crippen molar-refractivity contribution in [3.63, 3.8) is 0 Å². The molecule has 4 amide bonds. The number of anilines is 1. The third kappa shape index (κ3) is 5.59. The number of carbonyl (C=O) groups excluding carboxylic acids is 3. The molecule has 1 saturated heterocycles. The van der Waals surface area contributed by atoms with Gasteiger partial charge in [-0.1, -0.05) is 70.0 Å². The molecule has 0 spiro atoms. The summed E-state index contributed by atoms with van der Waals surface area (Å²) in [4.78, 5) is 39.5. The summed E-state index contributed by atoms with van der Waals surface area (Å²) >= 11 is 9.74. The Hall–Kier alpha value is -4.14. The lowest BCUT2D eigenvalue weighted by Crippen LogP contribution is -2.54. The zero-order valence-electron chi connectivity index (χ0n) is 21.7. The van der Waals surface area contributed by atoms with Crippen molar-refractivity contribution in [2.24, 2.45) is 0 Å². The molecule has 1 heterocycles. The van der Waals surface area contributed by atoms with Gasteiger partial charge < -0.3 is 9.47 Å². The second kappa shape index (κ2) is 11.5. The van der Waals surface area contributed by atoms with Crippen molar-refractivity contribution in [1.29, 1.82) is 0 Å². The zero-order chi connectivity index (χ0) is 28.4. The Morgan fingerprint density at radius 2 is 1.68 bits per heavy atom. The van der Waals surface area contributed by atoms with Crippen LogP contribution in [-0.4, -0.2) is 24.5 Å². The fraction of sp³-hybridized carbons (Fsp3) is 0.129. The van der Waals surface area contributed by atoms with Crippen molar-refractivity contribution in [3.05, 3.63) is 105 Å². The van der Waals surface area contributed by atoms with Crippen LogP contribution in [0.25, 0.3) is 16.8 Å². The summed E-state index contributed by atoms with van der Waals surface area (Å²) in [5.41, 5.74) is 2.31. The number of carbonyl (C=O) groups is 3. The standard InChI is InChI=1S/C31H24BrClN2O5/c1-3-39-27-14-22(25(32)16-28(27)40-17-19-9-10-20-6-4-5-7-21(20)12-19)13-24-29(36)34-31(38)35(30(24)37)23-11-8-18(2)26(33)15-23/h4-16H,3,17H2,1-2H3,(H,34,36,38)/b24-13-. The Kier molecular flexibility index (Phi) is 7.91. The van der Waals surface area contributed by atoms with E-state index in [2.05, 4.69) is 33.4 Å². The molecule has 0 aliphatic carbocycles. The molecule has 0 bridgehead atoms. The minimum Gasteiger partial charge on any atom is -0.490 e. The maximum Gasteiger partial charge on any atom is 0.335 e. The van der Waals surface area contributed by atoms with Crippen LogP contribution in [0.4, 0.5) is 10.5 Å². The monoisotopic (exact) mass is 618 g/mol. The Balaban J connectivity index is 1.44. The van der Waals surface area contributed by atoms with Gasteiger partial charge in [-0.15, -0.1) is 0 Å². The van der Waals surface area contributed by atoms with Crippen molar-refractivity contribution >= 4 is 67.9 Å². The first-order chi connectivity index (χ1) is 19.2. The predicted molar refractivity (Wildman–Crippen MR) is 159 cm³/mol. The highest BCUT2D eigenvalue weighted by Gasteiger charge is 2.37. The van der Waals surface area contributed by atoms with E-state index in [9.17, 15) is 14.4 Å². The Labute approximate surface area is 244 Å². The molecule has 0 unspecified atom stereocenters. The van der Waals surface area contributed by atoms with Crippen LogP contribution in [0, 0.1) is 6.92 Å². The molecule has 1 aliphatic heterocycles. The number of urea groups is 1. The largest absolute Gasteiger partial charge is 0.490 e. The van der Waals surface area contributed by atoms with Crippen molar-refractivity contribution in [3.8, 4) is 11.5 Å². The van der Waals surface area contributed by atoms with E-state index in [0.29, 0.717) is 39.8 Å². The molecular weight excluding hydrogens is 596 g/mol. The van der Waals surface area contributed by atoms with Gasteiger partial charge in [-0.3, -0.25) is 14.9 Å². The highest BCUT2D eigenvalue weighted by molar-refractivity contribution is 9.10. The molecule has 1 aliphatic rings. The Morgan fingerprint density at radius 1 is 0.925 bits per heavy atom. The number of imide groups is 2. The Morgan fingerprint density at radius 3 is 2.42 bits per heavy atom. The van der Waals surface area contributed by atoms with Gasteiger partial charge in [-0.2, -0.15) is 0 Å². The van der Waals surface area contributed by atoms with E-state index < -0.39 is 17.8 Å². The summed E-state index contributed by atoms with van der Waals surface area (Å²) in [5.74, 6) is -0.629. The third-order valence-corrected chi connectivity index (χ3v) is 7.48. The summed E-state index contributed by atoms with van der Waals surface area (Å²) in [6.45, 7) is 4.35. The zero-order valence-corrected chi connectivity index (χ0v) is 24.0. The highest BCUT2D eigenvalue weighted by Crippen LogP contribution is 2.36. The lowest BCUT2D eigenvalue weighted by molar-refractivity contribution is -0.122. The molecule has 202 valence electrons. The van der Waals surface area contributed by atoms with Gasteiger partial charge in [0.05, 0.1) is 12.3 Å². The van der Waals surface area contributed by atoms with Crippen LogP contribution in [0.3, 0.4) is 0 Å². The summed E-state index contributed by atoms with van der Waals surface area (Å²) in [7, 11) is 0. The average molecular weight is 620 g/mol. The summed E-state index contributed by atoms with van der Waals surface area (Å²) in [6.07, 6.45) is 1.41. The molecule has 1 N–H and O–H groups in total. The maximum absolute atomic E-state index is 13.4. The molecule has 1 fully saturated rings. The first kappa shape index (κ1) is 27.4. The summed E-state index contributed by atoms with van der Waals surface area (Å²) in [5, 5.41) is 4.89. The van der Waals surface area contributed by atoms with Crippen LogP contribution in [-0.2, 0) is 16.2 Å². The van der Waals surface area contributed by atoms with Crippen LogP contribution in [0.1, 0.15) is 23.6 Å². The molecule has 4 aromatic rings. The van der Waals surface area contributed by atoms with Crippen LogP contribution < -0.4 is 19.7 Å². The second-order valence-corrected chi connectivity index (χ2v) is 10.4. The fourth-order valence-corrected chi connectivity index (χ4v) is 4.91. The van der Waals surface area contributed by atoms with Gasteiger partial charge in [0, 0.05) is 9.50 Å². The van der Waals surface area contributed by atoms with Gasteiger partial charge in [-0.05, 0) is 77.7 Å². The molecule has 9 heteroatoms. The first-order valence-electron chi connectivity index (χ1n) is 12.5. The summed E-state index contributed by atoms with van der Waals surface area (Å²) in [6, 6.07) is 21.6. The first-order valence-corrected chi connectivity index (χ1v) is 13.7. The van der Waals surface area contributed by atoms with Crippen LogP contribution in [0.5, 0.6) is 11.5 Å². The van der Waals surface area contributed by atoms with E-state index in [4.69, 9.17) is 21.1 Å². The van der Waals surface area contributed by atoms with Gasteiger partial charge >= 0.3 is 6.03 Å². The normalized spacial score (nSPS) is 14.6. The SMILES string of the molecule is CCOc1cc(/C=C2/C(=O)NC(=O)N(c3ccc(C)c(Cl)c3)C2=O)c(Br)cc1OCc1ccc2ccccc2c1. The number of aryl methyl sites for hydroxylation is 1. The summed E-state index contributed by atoms with van der Waals surface area (Å²) < 4.78 is 12.5.